The Kier molecular flexibility index (Phi) is 4.86. The van der Waals surface area contributed by atoms with E-state index in [9.17, 15) is 19.5 Å². The van der Waals surface area contributed by atoms with Crippen molar-refractivity contribution in [1.29, 1.82) is 0 Å². The average Bonchev–Trinajstić information content (AvgIpc) is 3.11. The number of aliphatic carboxylic acids is 1. The van der Waals surface area contributed by atoms with E-state index in [1.165, 1.54) is 4.90 Å². The van der Waals surface area contributed by atoms with Crippen LogP contribution in [0.3, 0.4) is 0 Å². The molecule has 2 aliphatic rings. The summed E-state index contributed by atoms with van der Waals surface area (Å²) in [5.41, 5.74) is 3.28. The van der Waals surface area contributed by atoms with E-state index in [4.69, 9.17) is 0 Å². The first-order chi connectivity index (χ1) is 13.5. The fourth-order valence-electron chi connectivity index (χ4n) is 4.02. The highest BCUT2D eigenvalue weighted by atomic mass is 16.4. The lowest BCUT2D eigenvalue weighted by Crippen LogP contribution is -2.48. The van der Waals surface area contributed by atoms with Crippen LogP contribution < -0.4 is 0 Å². The highest BCUT2D eigenvalue weighted by Gasteiger charge is 2.35. The van der Waals surface area contributed by atoms with Crippen LogP contribution in [0, 0.1) is 0 Å². The molecule has 0 spiro atoms. The summed E-state index contributed by atoms with van der Waals surface area (Å²) in [6.07, 6.45) is 1.75. The van der Waals surface area contributed by atoms with Gasteiger partial charge < -0.3 is 14.9 Å². The van der Waals surface area contributed by atoms with E-state index in [-0.39, 0.29) is 18.4 Å². The molecule has 1 N–H and O–H groups in total. The van der Waals surface area contributed by atoms with Gasteiger partial charge in [-0.1, -0.05) is 36.4 Å². The SMILES string of the molecule is O=C(O)[C@@H]1Cc2ccccc2CN1C(=O)c1cccc(CN2CCCC2=O)c1. The summed E-state index contributed by atoms with van der Waals surface area (Å²) in [5, 5.41) is 9.67. The van der Waals surface area contributed by atoms with Gasteiger partial charge in [-0.15, -0.1) is 0 Å². The number of rotatable bonds is 4. The van der Waals surface area contributed by atoms with Crippen LogP contribution in [0.4, 0.5) is 0 Å². The van der Waals surface area contributed by atoms with E-state index >= 15 is 0 Å². The van der Waals surface area contributed by atoms with Crippen molar-refractivity contribution in [3.63, 3.8) is 0 Å². The Hall–Kier alpha value is -3.15. The highest BCUT2D eigenvalue weighted by Crippen LogP contribution is 2.26. The van der Waals surface area contributed by atoms with Crippen LogP contribution in [0.25, 0.3) is 0 Å². The highest BCUT2D eigenvalue weighted by molar-refractivity contribution is 5.97. The van der Waals surface area contributed by atoms with E-state index in [1.807, 2.05) is 30.3 Å². The molecule has 2 heterocycles. The van der Waals surface area contributed by atoms with E-state index < -0.39 is 12.0 Å². The van der Waals surface area contributed by atoms with Crippen molar-refractivity contribution in [2.45, 2.75) is 38.4 Å². The smallest absolute Gasteiger partial charge is 0.326 e. The van der Waals surface area contributed by atoms with Crippen LogP contribution in [0.5, 0.6) is 0 Å². The first-order valence-electron chi connectivity index (χ1n) is 9.50. The second kappa shape index (κ2) is 7.46. The number of hydrogen-bond acceptors (Lipinski definition) is 3. The lowest BCUT2D eigenvalue weighted by atomic mass is 9.93. The van der Waals surface area contributed by atoms with E-state index in [0.29, 0.717) is 24.9 Å². The summed E-state index contributed by atoms with van der Waals surface area (Å²) in [6, 6.07) is 13.9. The fourth-order valence-corrected chi connectivity index (χ4v) is 4.02. The molecule has 0 aliphatic carbocycles. The summed E-state index contributed by atoms with van der Waals surface area (Å²) in [5.74, 6) is -1.16. The molecule has 2 aliphatic heterocycles. The molecule has 0 bridgehead atoms. The molecular formula is C22H22N2O4. The summed E-state index contributed by atoms with van der Waals surface area (Å²) in [4.78, 5) is 40.1. The Bertz CT molecular complexity index is 940. The molecule has 0 unspecified atom stereocenters. The van der Waals surface area contributed by atoms with E-state index in [2.05, 4.69) is 0 Å². The maximum Gasteiger partial charge on any atom is 0.326 e. The monoisotopic (exact) mass is 378 g/mol. The number of amides is 2. The van der Waals surface area contributed by atoms with E-state index in [0.717, 1.165) is 29.7 Å². The van der Waals surface area contributed by atoms with Crippen molar-refractivity contribution in [1.82, 2.24) is 9.80 Å². The molecule has 6 heteroatoms. The number of nitrogens with zero attached hydrogens (tertiary/aromatic N) is 2. The maximum atomic E-state index is 13.2. The predicted molar refractivity (Wildman–Crippen MR) is 103 cm³/mol. The van der Waals surface area contributed by atoms with Crippen LogP contribution >= 0.6 is 0 Å². The zero-order chi connectivity index (χ0) is 19.7. The van der Waals surface area contributed by atoms with Gasteiger partial charge in [-0.3, -0.25) is 9.59 Å². The number of carbonyl (C=O) groups excluding carboxylic acids is 2. The van der Waals surface area contributed by atoms with E-state index in [1.54, 1.807) is 23.1 Å². The zero-order valence-corrected chi connectivity index (χ0v) is 15.5. The third kappa shape index (κ3) is 3.50. The Labute approximate surface area is 163 Å². The van der Waals surface area contributed by atoms with Crippen LogP contribution in [-0.2, 0) is 29.1 Å². The minimum absolute atomic E-state index is 0.135. The molecule has 1 fully saturated rings. The molecule has 6 nitrogen and oxygen atoms in total. The Morgan fingerprint density at radius 2 is 1.86 bits per heavy atom. The van der Waals surface area contributed by atoms with Gasteiger partial charge in [0.1, 0.15) is 6.04 Å². The predicted octanol–water partition coefficient (Wildman–Crippen LogP) is 2.46. The van der Waals surface area contributed by atoms with Crippen molar-refractivity contribution in [2.24, 2.45) is 0 Å². The quantitative estimate of drug-likeness (QED) is 0.887. The van der Waals surface area contributed by atoms with Gasteiger partial charge in [0, 0.05) is 38.0 Å². The molecule has 2 aromatic rings. The number of carboxylic acid groups (broad SMARTS) is 1. The summed E-state index contributed by atoms with van der Waals surface area (Å²) >= 11 is 0. The van der Waals surface area contributed by atoms with Gasteiger partial charge in [-0.25, -0.2) is 4.79 Å². The van der Waals surface area contributed by atoms with Gasteiger partial charge in [0.25, 0.3) is 5.91 Å². The van der Waals surface area contributed by atoms with Gasteiger partial charge in [0.15, 0.2) is 0 Å². The molecule has 1 saturated heterocycles. The molecular weight excluding hydrogens is 356 g/mol. The molecule has 144 valence electrons. The van der Waals surface area contributed by atoms with Crippen molar-refractivity contribution >= 4 is 17.8 Å². The zero-order valence-electron chi connectivity index (χ0n) is 15.5. The van der Waals surface area contributed by atoms with Gasteiger partial charge in [-0.05, 0) is 35.2 Å². The molecule has 2 amide bonds. The lowest BCUT2D eigenvalue weighted by Gasteiger charge is -2.34. The van der Waals surface area contributed by atoms with Crippen molar-refractivity contribution in [3.8, 4) is 0 Å². The van der Waals surface area contributed by atoms with Gasteiger partial charge >= 0.3 is 5.97 Å². The molecule has 0 saturated carbocycles. The van der Waals surface area contributed by atoms with Crippen LogP contribution in [0.1, 0.15) is 39.9 Å². The summed E-state index contributed by atoms with van der Waals surface area (Å²) in [7, 11) is 0. The van der Waals surface area contributed by atoms with Gasteiger partial charge in [-0.2, -0.15) is 0 Å². The number of carboxylic acids is 1. The second-order valence-electron chi connectivity index (χ2n) is 7.38. The number of fused-ring (bicyclic) bond motifs is 1. The van der Waals surface area contributed by atoms with Crippen molar-refractivity contribution in [2.75, 3.05) is 6.54 Å². The van der Waals surface area contributed by atoms with Gasteiger partial charge in [0.2, 0.25) is 5.91 Å². The Morgan fingerprint density at radius 3 is 2.57 bits per heavy atom. The number of hydrogen-bond donors (Lipinski definition) is 1. The molecule has 0 radical (unpaired) electrons. The number of benzene rings is 2. The van der Waals surface area contributed by atoms with Crippen LogP contribution in [0.15, 0.2) is 48.5 Å². The molecule has 1 atom stereocenters. The minimum atomic E-state index is -0.998. The average molecular weight is 378 g/mol. The summed E-state index contributed by atoms with van der Waals surface area (Å²) in [6.45, 7) is 1.49. The minimum Gasteiger partial charge on any atom is -0.480 e. The summed E-state index contributed by atoms with van der Waals surface area (Å²) < 4.78 is 0. The lowest BCUT2D eigenvalue weighted by molar-refractivity contribution is -0.142. The molecule has 28 heavy (non-hydrogen) atoms. The third-order valence-electron chi connectivity index (χ3n) is 5.51. The van der Waals surface area contributed by atoms with Crippen LogP contribution in [0.2, 0.25) is 0 Å². The molecule has 4 rings (SSSR count). The normalized spacial score (nSPS) is 18.9. The maximum absolute atomic E-state index is 13.2. The number of carbonyl (C=O) groups is 3. The number of likely N-dealkylation sites (tertiary alicyclic amines) is 1. The van der Waals surface area contributed by atoms with Crippen LogP contribution in [-0.4, -0.2) is 45.3 Å². The first-order valence-corrected chi connectivity index (χ1v) is 9.50. The van der Waals surface area contributed by atoms with Crippen molar-refractivity contribution < 1.29 is 19.5 Å². The largest absolute Gasteiger partial charge is 0.480 e. The third-order valence-corrected chi connectivity index (χ3v) is 5.51. The second-order valence-corrected chi connectivity index (χ2v) is 7.38. The standard InChI is InChI=1S/C22H22N2O4/c25-20-9-4-10-23(20)13-15-5-3-8-17(11-15)21(26)24-14-18-7-2-1-6-16(18)12-19(24)22(27)28/h1-3,5-8,11,19H,4,9-10,12-14H2,(H,27,28)/t19-/m0/s1. The Morgan fingerprint density at radius 1 is 1.07 bits per heavy atom. The molecule has 0 aromatic heterocycles. The Balaban J connectivity index is 1.58. The first kappa shape index (κ1) is 18.2. The topological polar surface area (TPSA) is 77.9 Å². The van der Waals surface area contributed by atoms with Crippen molar-refractivity contribution in [3.05, 3.63) is 70.8 Å². The molecule has 2 aromatic carbocycles. The fraction of sp³-hybridized carbons (Fsp3) is 0.318. The van der Waals surface area contributed by atoms with Gasteiger partial charge in [0.05, 0.1) is 0 Å².